The molecule has 2 aromatic heterocycles. The van der Waals surface area contributed by atoms with Crippen molar-refractivity contribution >= 4 is 46.1 Å². The SMILES string of the molecule is Cc1c(Cl)cccc1NC(=O)[C@H]1CC(=O)N(c2cccc(-c3noc(-c4cccs4)n3)c2)C1. The van der Waals surface area contributed by atoms with Crippen molar-refractivity contribution in [3.05, 3.63) is 70.6 Å². The molecule has 0 spiro atoms. The van der Waals surface area contributed by atoms with Gasteiger partial charge >= 0.3 is 0 Å². The second-order valence-corrected chi connectivity index (χ2v) is 9.11. The molecule has 0 saturated carbocycles. The van der Waals surface area contributed by atoms with Gasteiger partial charge in [0.05, 0.1) is 10.8 Å². The molecular weight excluding hydrogens is 460 g/mol. The number of halogens is 1. The first-order valence-corrected chi connectivity index (χ1v) is 11.6. The molecule has 4 aromatic rings. The van der Waals surface area contributed by atoms with Crippen LogP contribution in [0, 0.1) is 12.8 Å². The van der Waals surface area contributed by atoms with E-state index in [-0.39, 0.29) is 18.2 Å². The monoisotopic (exact) mass is 478 g/mol. The van der Waals surface area contributed by atoms with Gasteiger partial charge in [-0.1, -0.05) is 41.0 Å². The van der Waals surface area contributed by atoms with Gasteiger partial charge in [-0.3, -0.25) is 9.59 Å². The molecule has 0 unspecified atom stereocenters. The fourth-order valence-corrected chi connectivity index (χ4v) is 4.58. The van der Waals surface area contributed by atoms with Crippen LogP contribution in [0.1, 0.15) is 12.0 Å². The molecule has 2 amide bonds. The average molecular weight is 479 g/mol. The lowest BCUT2D eigenvalue weighted by Gasteiger charge is -2.17. The Morgan fingerprint density at radius 1 is 1.21 bits per heavy atom. The average Bonchev–Trinajstić information content (AvgIpc) is 3.57. The highest BCUT2D eigenvalue weighted by molar-refractivity contribution is 7.13. The summed E-state index contributed by atoms with van der Waals surface area (Å²) in [6, 6.07) is 16.6. The van der Waals surface area contributed by atoms with Crippen molar-refractivity contribution < 1.29 is 14.1 Å². The highest BCUT2D eigenvalue weighted by atomic mass is 35.5. The third-order valence-corrected chi connectivity index (χ3v) is 6.86. The Labute approximate surface area is 199 Å². The molecule has 1 aliphatic heterocycles. The van der Waals surface area contributed by atoms with Crippen molar-refractivity contribution in [1.82, 2.24) is 10.1 Å². The van der Waals surface area contributed by atoms with Crippen molar-refractivity contribution in [2.24, 2.45) is 5.92 Å². The number of hydrogen-bond acceptors (Lipinski definition) is 6. The smallest absolute Gasteiger partial charge is 0.268 e. The second kappa shape index (κ2) is 8.80. The lowest BCUT2D eigenvalue weighted by molar-refractivity contribution is -0.122. The van der Waals surface area contributed by atoms with Crippen molar-refractivity contribution in [2.45, 2.75) is 13.3 Å². The Morgan fingerprint density at radius 3 is 2.88 bits per heavy atom. The summed E-state index contributed by atoms with van der Waals surface area (Å²) in [5, 5.41) is 9.51. The van der Waals surface area contributed by atoms with E-state index in [0.29, 0.717) is 34.7 Å². The first-order valence-electron chi connectivity index (χ1n) is 10.3. The summed E-state index contributed by atoms with van der Waals surface area (Å²) in [5.74, 6) is 0.122. The predicted octanol–water partition coefficient (Wildman–Crippen LogP) is 5.42. The van der Waals surface area contributed by atoms with E-state index in [2.05, 4.69) is 15.5 Å². The zero-order chi connectivity index (χ0) is 22.9. The molecule has 1 fully saturated rings. The Kier molecular flexibility index (Phi) is 5.70. The zero-order valence-corrected chi connectivity index (χ0v) is 19.2. The normalized spacial score (nSPS) is 15.8. The first-order chi connectivity index (χ1) is 16.0. The van der Waals surface area contributed by atoms with Crippen LogP contribution in [-0.2, 0) is 9.59 Å². The maximum absolute atomic E-state index is 12.8. The molecule has 7 nitrogen and oxygen atoms in total. The van der Waals surface area contributed by atoms with Gasteiger partial charge in [-0.15, -0.1) is 11.3 Å². The van der Waals surface area contributed by atoms with E-state index in [1.165, 1.54) is 11.3 Å². The van der Waals surface area contributed by atoms with E-state index in [0.717, 1.165) is 16.0 Å². The summed E-state index contributed by atoms with van der Waals surface area (Å²) in [6.07, 6.45) is 0.139. The summed E-state index contributed by atoms with van der Waals surface area (Å²) in [7, 11) is 0. The number of amides is 2. The van der Waals surface area contributed by atoms with Crippen molar-refractivity contribution in [2.75, 3.05) is 16.8 Å². The Bertz CT molecular complexity index is 1340. The quantitative estimate of drug-likeness (QED) is 0.414. The summed E-state index contributed by atoms with van der Waals surface area (Å²) in [4.78, 5) is 32.6. The number of nitrogens with one attached hydrogen (secondary N) is 1. The Balaban J connectivity index is 1.32. The van der Waals surface area contributed by atoms with E-state index < -0.39 is 5.92 Å². The number of aromatic nitrogens is 2. The maximum atomic E-state index is 12.8. The van der Waals surface area contributed by atoms with Crippen LogP contribution in [0.4, 0.5) is 11.4 Å². The molecule has 1 atom stereocenters. The van der Waals surface area contributed by atoms with Crippen LogP contribution in [0.2, 0.25) is 5.02 Å². The van der Waals surface area contributed by atoms with Crippen LogP contribution in [-0.4, -0.2) is 28.5 Å². The van der Waals surface area contributed by atoms with Crippen LogP contribution in [0.15, 0.2) is 64.5 Å². The first kappa shape index (κ1) is 21.4. The zero-order valence-electron chi connectivity index (χ0n) is 17.6. The van der Waals surface area contributed by atoms with Gasteiger partial charge in [-0.25, -0.2) is 0 Å². The lowest BCUT2D eigenvalue weighted by Crippen LogP contribution is -2.28. The topological polar surface area (TPSA) is 88.3 Å². The molecule has 1 saturated heterocycles. The molecule has 5 rings (SSSR count). The van der Waals surface area contributed by atoms with E-state index >= 15 is 0 Å². The number of carbonyl (C=O) groups excluding carboxylic acids is 2. The van der Waals surface area contributed by atoms with Gasteiger partial charge in [-0.05, 0) is 48.2 Å². The van der Waals surface area contributed by atoms with Gasteiger partial charge in [-0.2, -0.15) is 4.98 Å². The van der Waals surface area contributed by atoms with E-state index in [1.807, 2.05) is 48.7 Å². The number of hydrogen-bond donors (Lipinski definition) is 1. The van der Waals surface area contributed by atoms with E-state index in [1.54, 1.807) is 23.1 Å². The standard InChI is InChI=1S/C24H19ClN4O3S/c1-14-18(25)7-3-8-19(14)26-23(31)16-12-21(30)29(13-16)17-6-2-5-15(11-17)22-27-24(32-28-22)20-9-4-10-33-20/h2-11,16H,12-13H2,1H3,(H,26,31)/t16-/m0/s1. The fraction of sp³-hybridized carbons (Fsp3) is 0.167. The van der Waals surface area contributed by atoms with Gasteiger partial charge in [0.15, 0.2) is 0 Å². The number of thiophene rings is 1. The third-order valence-electron chi connectivity index (χ3n) is 5.60. The maximum Gasteiger partial charge on any atom is 0.268 e. The molecule has 1 aliphatic rings. The van der Waals surface area contributed by atoms with Gasteiger partial charge in [0, 0.05) is 34.9 Å². The summed E-state index contributed by atoms with van der Waals surface area (Å²) < 4.78 is 5.38. The largest absolute Gasteiger partial charge is 0.333 e. The number of benzene rings is 2. The van der Waals surface area contributed by atoms with Crippen LogP contribution in [0.5, 0.6) is 0 Å². The van der Waals surface area contributed by atoms with Crippen LogP contribution >= 0.6 is 22.9 Å². The lowest BCUT2D eigenvalue weighted by atomic mass is 10.1. The highest BCUT2D eigenvalue weighted by Gasteiger charge is 2.35. The fourth-order valence-electron chi connectivity index (χ4n) is 3.76. The second-order valence-electron chi connectivity index (χ2n) is 7.76. The van der Waals surface area contributed by atoms with Crippen molar-refractivity contribution in [3.63, 3.8) is 0 Å². The minimum atomic E-state index is -0.463. The molecule has 0 radical (unpaired) electrons. The number of anilines is 2. The van der Waals surface area contributed by atoms with E-state index in [9.17, 15) is 9.59 Å². The van der Waals surface area contributed by atoms with Gasteiger partial charge < -0.3 is 14.7 Å². The van der Waals surface area contributed by atoms with Gasteiger partial charge in [0.25, 0.3) is 5.89 Å². The Morgan fingerprint density at radius 2 is 2.06 bits per heavy atom. The molecule has 0 aliphatic carbocycles. The molecule has 1 N–H and O–H groups in total. The molecule has 166 valence electrons. The van der Waals surface area contributed by atoms with Gasteiger partial charge in [0.1, 0.15) is 0 Å². The minimum absolute atomic E-state index is 0.109. The highest BCUT2D eigenvalue weighted by Crippen LogP contribution is 2.31. The summed E-state index contributed by atoms with van der Waals surface area (Å²) in [5.41, 5.74) is 2.87. The summed E-state index contributed by atoms with van der Waals surface area (Å²) >= 11 is 7.67. The molecule has 0 bridgehead atoms. The van der Waals surface area contributed by atoms with Crippen molar-refractivity contribution in [3.8, 4) is 22.2 Å². The summed E-state index contributed by atoms with van der Waals surface area (Å²) in [6.45, 7) is 2.14. The molecule has 9 heteroatoms. The number of carbonyl (C=O) groups is 2. The molecule has 33 heavy (non-hydrogen) atoms. The van der Waals surface area contributed by atoms with Crippen LogP contribution in [0.3, 0.4) is 0 Å². The predicted molar refractivity (Wildman–Crippen MR) is 128 cm³/mol. The number of rotatable bonds is 5. The molecular formula is C24H19ClN4O3S. The van der Waals surface area contributed by atoms with Gasteiger partial charge in [0.2, 0.25) is 17.6 Å². The Hall–Kier alpha value is -3.49. The molecule has 3 heterocycles. The molecule has 2 aromatic carbocycles. The van der Waals surface area contributed by atoms with Crippen LogP contribution < -0.4 is 10.2 Å². The minimum Gasteiger partial charge on any atom is -0.333 e. The third kappa shape index (κ3) is 4.27. The van der Waals surface area contributed by atoms with Crippen molar-refractivity contribution in [1.29, 1.82) is 0 Å². The van der Waals surface area contributed by atoms with E-state index in [4.69, 9.17) is 16.1 Å². The van der Waals surface area contributed by atoms with Crippen LogP contribution in [0.25, 0.3) is 22.2 Å². The number of nitrogens with zero attached hydrogens (tertiary/aromatic N) is 3.